The Kier molecular flexibility index (Phi) is 4.43. The van der Waals surface area contributed by atoms with Crippen molar-refractivity contribution in [2.24, 2.45) is 0 Å². The van der Waals surface area contributed by atoms with Crippen LogP contribution in [-0.4, -0.2) is 41.7 Å². The van der Waals surface area contributed by atoms with Crippen molar-refractivity contribution in [3.63, 3.8) is 0 Å². The van der Waals surface area contributed by atoms with Crippen LogP contribution in [0.5, 0.6) is 0 Å². The zero-order chi connectivity index (χ0) is 7.98. The maximum Gasteiger partial charge on any atom is 0.323 e. The molecule has 0 aromatic rings. The van der Waals surface area contributed by atoms with E-state index >= 15 is 0 Å². The second-order valence-electron chi connectivity index (χ2n) is 1.65. The van der Waals surface area contributed by atoms with Crippen LogP contribution >= 0.6 is 0 Å². The SMILES string of the molecule is O=CCN[C@@H](CO)C(=O)O. The molecule has 0 aromatic carbocycles. The van der Waals surface area contributed by atoms with Crippen molar-refractivity contribution in [3.8, 4) is 0 Å². The average Bonchev–Trinajstić information content (AvgIpc) is 1.89. The molecular weight excluding hydrogens is 138 g/mol. The number of carbonyl (C=O) groups excluding carboxylic acids is 1. The Morgan fingerprint density at radius 2 is 2.30 bits per heavy atom. The van der Waals surface area contributed by atoms with Gasteiger partial charge in [-0.25, -0.2) is 0 Å². The third kappa shape index (κ3) is 3.16. The first-order valence-electron chi connectivity index (χ1n) is 2.73. The van der Waals surface area contributed by atoms with E-state index in [-0.39, 0.29) is 6.54 Å². The van der Waals surface area contributed by atoms with Crippen LogP contribution in [0.1, 0.15) is 0 Å². The van der Waals surface area contributed by atoms with Crippen molar-refractivity contribution in [2.45, 2.75) is 6.04 Å². The van der Waals surface area contributed by atoms with Crippen LogP contribution in [0.25, 0.3) is 0 Å². The molecule has 5 heteroatoms. The van der Waals surface area contributed by atoms with Crippen molar-refractivity contribution in [3.05, 3.63) is 0 Å². The summed E-state index contributed by atoms with van der Waals surface area (Å²) in [5.41, 5.74) is 0. The van der Waals surface area contributed by atoms with Crippen LogP contribution in [0.2, 0.25) is 0 Å². The number of aliphatic hydroxyl groups excluding tert-OH is 1. The summed E-state index contributed by atoms with van der Waals surface area (Å²) in [5, 5.41) is 18.9. The molecule has 0 aliphatic carbocycles. The molecule has 0 radical (unpaired) electrons. The lowest BCUT2D eigenvalue weighted by atomic mass is 10.3. The van der Waals surface area contributed by atoms with E-state index in [2.05, 4.69) is 5.32 Å². The number of carboxylic acids is 1. The summed E-state index contributed by atoms with van der Waals surface area (Å²) in [6.07, 6.45) is 0.533. The fraction of sp³-hybridized carbons (Fsp3) is 0.600. The quantitative estimate of drug-likeness (QED) is 0.400. The van der Waals surface area contributed by atoms with Crippen molar-refractivity contribution in [2.75, 3.05) is 13.2 Å². The molecule has 0 aromatic heterocycles. The first kappa shape index (κ1) is 9.06. The highest BCUT2D eigenvalue weighted by molar-refractivity contribution is 5.74. The Balaban J connectivity index is 3.60. The van der Waals surface area contributed by atoms with Gasteiger partial charge in [-0.15, -0.1) is 0 Å². The molecule has 0 aliphatic heterocycles. The number of carbonyl (C=O) groups is 2. The summed E-state index contributed by atoms with van der Waals surface area (Å²) < 4.78 is 0. The molecule has 0 saturated heterocycles. The van der Waals surface area contributed by atoms with Gasteiger partial charge in [-0.1, -0.05) is 0 Å². The topological polar surface area (TPSA) is 86.6 Å². The van der Waals surface area contributed by atoms with Crippen molar-refractivity contribution in [1.29, 1.82) is 0 Å². The minimum Gasteiger partial charge on any atom is -0.480 e. The van der Waals surface area contributed by atoms with Gasteiger partial charge in [-0.05, 0) is 0 Å². The summed E-state index contributed by atoms with van der Waals surface area (Å²) in [6, 6.07) is -1.04. The van der Waals surface area contributed by atoms with Crippen molar-refractivity contribution < 1.29 is 19.8 Å². The maximum absolute atomic E-state index is 10.1. The largest absolute Gasteiger partial charge is 0.480 e. The van der Waals surface area contributed by atoms with Crippen LogP contribution in [0.4, 0.5) is 0 Å². The molecule has 0 saturated carbocycles. The predicted octanol–water partition coefficient (Wildman–Crippen LogP) is -1.78. The van der Waals surface area contributed by atoms with E-state index in [1.165, 1.54) is 0 Å². The van der Waals surface area contributed by atoms with Gasteiger partial charge in [0.05, 0.1) is 13.2 Å². The third-order valence-electron chi connectivity index (χ3n) is 0.928. The Labute approximate surface area is 57.7 Å². The molecule has 58 valence electrons. The predicted molar refractivity (Wildman–Crippen MR) is 32.6 cm³/mol. The lowest BCUT2D eigenvalue weighted by Crippen LogP contribution is -2.40. The van der Waals surface area contributed by atoms with Gasteiger partial charge in [0.1, 0.15) is 12.3 Å². The zero-order valence-electron chi connectivity index (χ0n) is 5.28. The molecule has 0 heterocycles. The van der Waals surface area contributed by atoms with Gasteiger partial charge in [-0.2, -0.15) is 0 Å². The fourth-order valence-electron chi connectivity index (χ4n) is 0.420. The van der Waals surface area contributed by atoms with E-state index in [0.29, 0.717) is 6.29 Å². The number of rotatable bonds is 5. The molecule has 0 unspecified atom stereocenters. The normalized spacial score (nSPS) is 12.5. The van der Waals surface area contributed by atoms with Crippen LogP contribution in [0.3, 0.4) is 0 Å². The summed E-state index contributed by atoms with van der Waals surface area (Å²) in [7, 11) is 0. The Morgan fingerprint density at radius 3 is 2.60 bits per heavy atom. The third-order valence-corrected chi connectivity index (χ3v) is 0.928. The highest BCUT2D eigenvalue weighted by atomic mass is 16.4. The van der Waals surface area contributed by atoms with Gasteiger partial charge < -0.3 is 15.0 Å². The molecule has 0 fully saturated rings. The number of nitrogens with one attached hydrogen (secondary N) is 1. The summed E-state index contributed by atoms with van der Waals surface area (Å²) in [5.74, 6) is -1.16. The smallest absolute Gasteiger partial charge is 0.323 e. The van der Waals surface area contributed by atoms with Gasteiger partial charge in [0, 0.05) is 0 Å². The minimum atomic E-state index is -1.16. The van der Waals surface area contributed by atoms with E-state index in [1.807, 2.05) is 0 Å². The second-order valence-corrected chi connectivity index (χ2v) is 1.65. The van der Waals surface area contributed by atoms with E-state index < -0.39 is 18.6 Å². The van der Waals surface area contributed by atoms with E-state index in [1.54, 1.807) is 0 Å². The molecule has 5 nitrogen and oxygen atoms in total. The number of hydrogen-bond donors (Lipinski definition) is 3. The van der Waals surface area contributed by atoms with E-state index in [9.17, 15) is 9.59 Å². The summed E-state index contributed by atoms with van der Waals surface area (Å²) in [6.45, 7) is -0.569. The monoisotopic (exact) mass is 147 g/mol. The highest BCUT2D eigenvalue weighted by Gasteiger charge is 2.13. The number of aliphatic hydroxyl groups is 1. The lowest BCUT2D eigenvalue weighted by Gasteiger charge is -2.07. The Hall–Kier alpha value is -0.940. The van der Waals surface area contributed by atoms with Crippen LogP contribution in [0.15, 0.2) is 0 Å². The number of aliphatic carboxylic acids is 1. The Morgan fingerprint density at radius 1 is 1.70 bits per heavy atom. The number of carboxylic acid groups (broad SMARTS) is 1. The van der Waals surface area contributed by atoms with Crippen molar-refractivity contribution in [1.82, 2.24) is 5.32 Å². The summed E-state index contributed by atoms with van der Waals surface area (Å²) in [4.78, 5) is 19.8. The molecule has 0 amide bonds. The van der Waals surface area contributed by atoms with Crippen LogP contribution in [-0.2, 0) is 9.59 Å². The van der Waals surface area contributed by atoms with Crippen LogP contribution in [0, 0.1) is 0 Å². The van der Waals surface area contributed by atoms with Gasteiger partial charge in [0.15, 0.2) is 0 Å². The molecule has 10 heavy (non-hydrogen) atoms. The second kappa shape index (κ2) is 4.89. The van der Waals surface area contributed by atoms with E-state index in [4.69, 9.17) is 10.2 Å². The molecule has 0 bridgehead atoms. The summed E-state index contributed by atoms with van der Waals surface area (Å²) >= 11 is 0. The highest BCUT2D eigenvalue weighted by Crippen LogP contribution is 1.78. The zero-order valence-corrected chi connectivity index (χ0v) is 5.28. The first-order chi connectivity index (χ1) is 4.72. The number of aldehydes is 1. The van der Waals surface area contributed by atoms with Gasteiger partial charge >= 0.3 is 5.97 Å². The molecule has 0 spiro atoms. The molecule has 0 aliphatic rings. The van der Waals surface area contributed by atoms with Gasteiger partial charge in [0.2, 0.25) is 0 Å². The molecular formula is C5H9NO4. The van der Waals surface area contributed by atoms with Gasteiger partial charge in [0.25, 0.3) is 0 Å². The molecule has 0 rings (SSSR count). The van der Waals surface area contributed by atoms with Crippen LogP contribution < -0.4 is 5.32 Å². The molecule has 3 N–H and O–H groups in total. The fourth-order valence-corrected chi connectivity index (χ4v) is 0.420. The lowest BCUT2D eigenvalue weighted by molar-refractivity contribution is -0.140. The Bertz CT molecular complexity index is 125. The maximum atomic E-state index is 10.1. The first-order valence-corrected chi connectivity index (χ1v) is 2.73. The average molecular weight is 147 g/mol. The number of hydrogen-bond acceptors (Lipinski definition) is 4. The van der Waals surface area contributed by atoms with E-state index in [0.717, 1.165) is 0 Å². The van der Waals surface area contributed by atoms with Crippen molar-refractivity contribution >= 4 is 12.3 Å². The standard InChI is InChI=1S/C5H9NO4/c7-2-1-6-4(3-8)5(9)10/h2,4,6,8H,1,3H2,(H,9,10)/t4-/m0/s1. The molecule has 1 atom stereocenters. The minimum absolute atomic E-state index is 0.0580. The van der Waals surface area contributed by atoms with Gasteiger partial charge in [-0.3, -0.25) is 10.1 Å².